The maximum Gasteiger partial charge on any atom is 0.249 e. The van der Waals surface area contributed by atoms with Gasteiger partial charge in [0, 0.05) is 12.2 Å². The molecule has 0 amide bonds. The SMILES string of the molecule is Cc1ccc(C)c(Nc2nncc(NCCc3ccccc3F)n2)c1. The number of nitrogens with one attached hydrogen (secondary N) is 2. The molecule has 3 aromatic rings. The second-order valence-corrected chi connectivity index (χ2v) is 5.88. The average Bonchev–Trinajstić information content (AvgIpc) is 2.60. The quantitative estimate of drug-likeness (QED) is 0.711. The Morgan fingerprint density at radius 1 is 1.08 bits per heavy atom. The highest BCUT2D eigenvalue weighted by atomic mass is 19.1. The minimum Gasteiger partial charge on any atom is -0.368 e. The number of hydrogen-bond donors (Lipinski definition) is 2. The van der Waals surface area contributed by atoms with Gasteiger partial charge in [0.25, 0.3) is 0 Å². The molecule has 2 N–H and O–H groups in total. The fraction of sp³-hybridized carbons (Fsp3) is 0.211. The van der Waals surface area contributed by atoms with Crippen LogP contribution in [0, 0.1) is 19.7 Å². The van der Waals surface area contributed by atoms with Crippen LogP contribution in [-0.4, -0.2) is 21.7 Å². The van der Waals surface area contributed by atoms with Crippen LogP contribution in [0.3, 0.4) is 0 Å². The number of nitrogens with zero attached hydrogens (tertiary/aromatic N) is 3. The van der Waals surface area contributed by atoms with Crippen molar-refractivity contribution in [2.45, 2.75) is 20.3 Å². The monoisotopic (exact) mass is 337 g/mol. The molecule has 0 aliphatic rings. The van der Waals surface area contributed by atoms with Crippen molar-refractivity contribution < 1.29 is 4.39 Å². The number of benzene rings is 2. The van der Waals surface area contributed by atoms with Crippen molar-refractivity contribution in [3.05, 3.63) is 71.2 Å². The van der Waals surface area contributed by atoms with Crippen molar-refractivity contribution >= 4 is 17.5 Å². The summed E-state index contributed by atoms with van der Waals surface area (Å²) in [5.41, 5.74) is 3.88. The predicted molar refractivity (Wildman–Crippen MR) is 97.6 cm³/mol. The second kappa shape index (κ2) is 7.70. The molecule has 25 heavy (non-hydrogen) atoms. The van der Waals surface area contributed by atoms with Crippen molar-refractivity contribution in [2.24, 2.45) is 0 Å². The number of aryl methyl sites for hydroxylation is 2. The van der Waals surface area contributed by atoms with Gasteiger partial charge < -0.3 is 10.6 Å². The van der Waals surface area contributed by atoms with Crippen molar-refractivity contribution in [2.75, 3.05) is 17.2 Å². The maximum atomic E-state index is 13.6. The Kier molecular flexibility index (Phi) is 5.18. The van der Waals surface area contributed by atoms with E-state index >= 15 is 0 Å². The molecule has 5 nitrogen and oxygen atoms in total. The van der Waals surface area contributed by atoms with E-state index < -0.39 is 0 Å². The molecule has 6 heteroatoms. The van der Waals surface area contributed by atoms with Crippen molar-refractivity contribution in [3.63, 3.8) is 0 Å². The molecule has 0 atom stereocenters. The van der Waals surface area contributed by atoms with E-state index in [0.29, 0.717) is 30.3 Å². The third kappa shape index (κ3) is 4.50. The van der Waals surface area contributed by atoms with Gasteiger partial charge in [-0.05, 0) is 49.1 Å². The first kappa shape index (κ1) is 16.8. The van der Waals surface area contributed by atoms with Gasteiger partial charge in [0.05, 0.1) is 6.20 Å². The van der Waals surface area contributed by atoms with E-state index in [1.54, 1.807) is 18.3 Å². The normalized spacial score (nSPS) is 10.5. The summed E-state index contributed by atoms with van der Waals surface area (Å²) >= 11 is 0. The fourth-order valence-electron chi connectivity index (χ4n) is 2.46. The zero-order valence-electron chi connectivity index (χ0n) is 14.3. The Bertz CT molecular complexity index is 866. The highest BCUT2D eigenvalue weighted by Crippen LogP contribution is 2.19. The third-order valence-electron chi connectivity index (χ3n) is 3.86. The van der Waals surface area contributed by atoms with Gasteiger partial charge in [0.15, 0.2) is 5.82 Å². The van der Waals surface area contributed by atoms with Crippen molar-refractivity contribution in [3.8, 4) is 0 Å². The van der Waals surface area contributed by atoms with E-state index in [1.165, 1.54) is 6.07 Å². The zero-order chi connectivity index (χ0) is 17.6. The second-order valence-electron chi connectivity index (χ2n) is 5.88. The van der Waals surface area contributed by atoms with Gasteiger partial charge in [-0.1, -0.05) is 30.3 Å². The molecule has 1 heterocycles. The fourth-order valence-corrected chi connectivity index (χ4v) is 2.46. The van der Waals surface area contributed by atoms with E-state index in [2.05, 4.69) is 31.9 Å². The lowest BCUT2D eigenvalue weighted by Gasteiger charge is -2.10. The van der Waals surface area contributed by atoms with Crippen LogP contribution >= 0.6 is 0 Å². The number of halogens is 1. The molecule has 0 radical (unpaired) electrons. The first-order chi connectivity index (χ1) is 12.1. The first-order valence-electron chi connectivity index (χ1n) is 8.13. The van der Waals surface area contributed by atoms with E-state index in [-0.39, 0.29) is 5.82 Å². The largest absolute Gasteiger partial charge is 0.368 e. The van der Waals surface area contributed by atoms with Crippen LogP contribution in [0.4, 0.5) is 21.8 Å². The van der Waals surface area contributed by atoms with Crippen LogP contribution < -0.4 is 10.6 Å². The van der Waals surface area contributed by atoms with Gasteiger partial charge in [-0.2, -0.15) is 10.1 Å². The Labute approximate surface area is 146 Å². The summed E-state index contributed by atoms with van der Waals surface area (Å²) in [6.45, 7) is 4.61. The third-order valence-corrected chi connectivity index (χ3v) is 3.86. The van der Waals surface area contributed by atoms with Crippen LogP contribution in [0.25, 0.3) is 0 Å². The Morgan fingerprint density at radius 2 is 1.92 bits per heavy atom. The van der Waals surface area contributed by atoms with Crippen LogP contribution in [0.2, 0.25) is 0 Å². The molecular formula is C19H20FN5. The number of anilines is 3. The topological polar surface area (TPSA) is 62.7 Å². The predicted octanol–water partition coefficient (Wildman–Crippen LogP) is 4.03. The van der Waals surface area contributed by atoms with Crippen molar-refractivity contribution in [1.29, 1.82) is 0 Å². The van der Waals surface area contributed by atoms with Crippen LogP contribution in [0.15, 0.2) is 48.7 Å². The van der Waals surface area contributed by atoms with Crippen LogP contribution in [0.1, 0.15) is 16.7 Å². The summed E-state index contributed by atoms with van der Waals surface area (Å²) in [4.78, 5) is 4.40. The lowest BCUT2D eigenvalue weighted by atomic mass is 10.1. The van der Waals surface area contributed by atoms with E-state index in [0.717, 1.165) is 16.8 Å². The summed E-state index contributed by atoms with van der Waals surface area (Å²) in [6, 6.07) is 12.9. The lowest BCUT2D eigenvalue weighted by molar-refractivity contribution is 0.610. The standard InChI is InChI=1S/C19H20FN5/c1-13-7-8-14(2)17(11-13)23-19-24-18(12-22-25-19)21-10-9-15-5-3-4-6-16(15)20/h3-8,11-12H,9-10H2,1-2H3,(H2,21,23,24,25). The summed E-state index contributed by atoms with van der Waals surface area (Å²) in [5, 5.41) is 14.3. The average molecular weight is 337 g/mol. The smallest absolute Gasteiger partial charge is 0.249 e. The van der Waals surface area contributed by atoms with Crippen LogP contribution in [0.5, 0.6) is 0 Å². The van der Waals surface area contributed by atoms with Gasteiger partial charge in [0.2, 0.25) is 5.95 Å². The number of rotatable bonds is 6. The molecule has 0 saturated carbocycles. The van der Waals surface area contributed by atoms with Gasteiger partial charge in [-0.3, -0.25) is 0 Å². The molecule has 3 rings (SSSR count). The molecule has 0 aliphatic heterocycles. The molecule has 0 aliphatic carbocycles. The molecule has 128 valence electrons. The van der Waals surface area contributed by atoms with Gasteiger partial charge in [-0.15, -0.1) is 5.10 Å². The Hall–Kier alpha value is -3.02. The molecule has 0 saturated heterocycles. The first-order valence-corrected chi connectivity index (χ1v) is 8.13. The zero-order valence-corrected chi connectivity index (χ0v) is 14.3. The van der Waals surface area contributed by atoms with Gasteiger partial charge in [-0.25, -0.2) is 4.39 Å². The van der Waals surface area contributed by atoms with E-state index in [1.807, 2.05) is 32.0 Å². The van der Waals surface area contributed by atoms with Gasteiger partial charge >= 0.3 is 0 Å². The molecule has 2 aromatic carbocycles. The van der Waals surface area contributed by atoms with E-state index in [9.17, 15) is 4.39 Å². The highest BCUT2D eigenvalue weighted by Gasteiger charge is 2.05. The molecule has 0 bridgehead atoms. The molecule has 1 aromatic heterocycles. The Morgan fingerprint density at radius 3 is 2.76 bits per heavy atom. The summed E-state index contributed by atoms with van der Waals surface area (Å²) in [7, 11) is 0. The number of aromatic nitrogens is 3. The lowest BCUT2D eigenvalue weighted by Crippen LogP contribution is -2.09. The van der Waals surface area contributed by atoms with Crippen molar-refractivity contribution in [1.82, 2.24) is 15.2 Å². The minimum absolute atomic E-state index is 0.192. The summed E-state index contributed by atoms with van der Waals surface area (Å²) in [5.74, 6) is 0.825. The summed E-state index contributed by atoms with van der Waals surface area (Å²) < 4.78 is 13.6. The van der Waals surface area contributed by atoms with Crippen LogP contribution in [-0.2, 0) is 6.42 Å². The molecular weight excluding hydrogens is 317 g/mol. The molecule has 0 unspecified atom stereocenters. The number of hydrogen-bond acceptors (Lipinski definition) is 5. The Balaban J connectivity index is 1.63. The molecule has 0 spiro atoms. The van der Waals surface area contributed by atoms with E-state index in [4.69, 9.17) is 0 Å². The summed E-state index contributed by atoms with van der Waals surface area (Å²) in [6.07, 6.45) is 2.12. The minimum atomic E-state index is -0.192. The molecule has 0 fully saturated rings. The maximum absolute atomic E-state index is 13.6. The van der Waals surface area contributed by atoms with Gasteiger partial charge in [0.1, 0.15) is 5.82 Å². The highest BCUT2D eigenvalue weighted by molar-refractivity contribution is 5.59.